The average molecular weight is 246 g/mol. The Labute approximate surface area is 104 Å². The summed E-state index contributed by atoms with van der Waals surface area (Å²) in [7, 11) is 0. The topological polar surface area (TPSA) is 66.8 Å². The lowest BCUT2D eigenvalue weighted by Gasteiger charge is -2.09. The number of hydrogen-bond acceptors (Lipinski definition) is 4. The maximum atomic E-state index is 11.7. The number of ether oxygens (including phenoxy) is 1. The van der Waals surface area contributed by atoms with Crippen LogP contribution in [0.25, 0.3) is 10.8 Å². The standard InChI is InChI=1S/C14H14O4/c1-2-7-18-14(17)11-8-12(15)9-5-3-4-6-10(9)13(11)16/h3-6,8,15-16H,2,7H2,1H3. The normalized spacial score (nSPS) is 10.5. The predicted octanol–water partition coefficient (Wildman–Crippen LogP) is 2.82. The first kappa shape index (κ1) is 12.2. The SMILES string of the molecule is CCCOC(=O)c1cc(O)c2ccccc2c1O. The molecule has 0 aliphatic heterocycles. The Balaban J connectivity index is 2.52. The fourth-order valence-corrected chi connectivity index (χ4v) is 1.77. The van der Waals surface area contributed by atoms with Crippen LogP contribution in [-0.4, -0.2) is 22.8 Å². The largest absolute Gasteiger partial charge is 0.507 e. The van der Waals surface area contributed by atoms with E-state index >= 15 is 0 Å². The second-order valence-corrected chi connectivity index (χ2v) is 3.97. The number of phenolic OH excluding ortho intramolecular Hbond substituents is 2. The van der Waals surface area contributed by atoms with Crippen LogP contribution in [0.2, 0.25) is 0 Å². The molecule has 4 nitrogen and oxygen atoms in total. The third-order valence-electron chi connectivity index (χ3n) is 2.65. The zero-order chi connectivity index (χ0) is 13.1. The molecule has 0 radical (unpaired) electrons. The van der Waals surface area contributed by atoms with Gasteiger partial charge in [-0.05, 0) is 12.5 Å². The van der Waals surface area contributed by atoms with E-state index in [0.717, 1.165) is 0 Å². The molecule has 2 aromatic rings. The summed E-state index contributed by atoms with van der Waals surface area (Å²) in [4.78, 5) is 11.7. The van der Waals surface area contributed by atoms with E-state index in [4.69, 9.17) is 4.74 Å². The number of carbonyl (C=O) groups excluding carboxylic acids is 1. The molecule has 4 heteroatoms. The quantitative estimate of drug-likeness (QED) is 0.645. The number of esters is 1. The summed E-state index contributed by atoms with van der Waals surface area (Å²) in [5.74, 6) is -0.841. The molecule has 0 saturated heterocycles. The van der Waals surface area contributed by atoms with Gasteiger partial charge in [-0.3, -0.25) is 0 Å². The molecule has 2 rings (SSSR count). The third-order valence-corrected chi connectivity index (χ3v) is 2.65. The van der Waals surface area contributed by atoms with Crippen LogP contribution in [0.4, 0.5) is 0 Å². The summed E-state index contributed by atoms with van der Waals surface area (Å²) < 4.78 is 4.95. The first-order valence-corrected chi connectivity index (χ1v) is 5.76. The first-order chi connectivity index (χ1) is 8.65. The van der Waals surface area contributed by atoms with Gasteiger partial charge >= 0.3 is 5.97 Å². The minimum Gasteiger partial charge on any atom is -0.507 e. The number of carbonyl (C=O) groups is 1. The Kier molecular flexibility index (Phi) is 3.37. The molecule has 94 valence electrons. The Morgan fingerprint density at radius 2 is 1.89 bits per heavy atom. The second-order valence-electron chi connectivity index (χ2n) is 3.97. The van der Waals surface area contributed by atoms with Gasteiger partial charge in [0.2, 0.25) is 0 Å². The molecule has 18 heavy (non-hydrogen) atoms. The summed E-state index contributed by atoms with van der Waals surface area (Å²) in [5.41, 5.74) is -0.0142. The van der Waals surface area contributed by atoms with Crippen LogP contribution in [0.1, 0.15) is 23.7 Å². The zero-order valence-electron chi connectivity index (χ0n) is 10.0. The van der Waals surface area contributed by atoms with E-state index in [1.54, 1.807) is 24.3 Å². The third kappa shape index (κ3) is 2.09. The molecule has 2 aromatic carbocycles. The Morgan fingerprint density at radius 3 is 2.56 bits per heavy atom. The van der Waals surface area contributed by atoms with Crippen molar-refractivity contribution in [3.05, 3.63) is 35.9 Å². The number of fused-ring (bicyclic) bond motifs is 1. The van der Waals surface area contributed by atoms with Gasteiger partial charge in [0.1, 0.15) is 17.1 Å². The van der Waals surface area contributed by atoms with Gasteiger partial charge in [-0.2, -0.15) is 0 Å². The molecule has 2 N–H and O–H groups in total. The molecule has 0 fully saturated rings. The lowest BCUT2D eigenvalue weighted by Crippen LogP contribution is -2.06. The smallest absolute Gasteiger partial charge is 0.342 e. The number of hydrogen-bond donors (Lipinski definition) is 2. The van der Waals surface area contributed by atoms with Crippen molar-refractivity contribution in [3.8, 4) is 11.5 Å². The van der Waals surface area contributed by atoms with Gasteiger partial charge in [-0.25, -0.2) is 4.79 Å². The minimum absolute atomic E-state index is 0.0142. The molecule has 0 saturated carbocycles. The van der Waals surface area contributed by atoms with Crippen molar-refractivity contribution in [2.24, 2.45) is 0 Å². The summed E-state index contributed by atoms with van der Waals surface area (Å²) in [6, 6.07) is 8.02. The van der Waals surface area contributed by atoms with Crippen molar-refractivity contribution in [1.82, 2.24) is 0 Å². The van der Waals surface area contributed by atoms with Gasteiger partial charge < -0.3 is 14.9 Å². The summed E-state index contributed by atoms with van der Waals surface area (Å²) in [6.45, 7) is 2.16. The van der Waals surface area contributed by atoms with Crippen LogP contribution in [-0.2, 0) is 4.74 Å². The second kappa shape index (κ2) is 4.96. The van der Waals surface area contributed by atoms with Crippen LogP contribution >= 0.6 is 0 Å². The van der Waals surface area contributed by atoms with E-state index in [-0.39, 0.29) is 23.7 Å². The first-order valence-electron chi connectivity index (χ1n) is 5.76. The molecule has 0 heterocycles. The van der Waals surface area contributed by atoms with Gasteiger partial charge in [0, 0.05) is 10.8 Å². The van der Waals surface area contributed by atoms with Gasteiger partial charge in [-0.1, -0.05) is 31.2 Å². The van der Waals surface area contributed by atoms with E-state index < -0.39 is 5.97 Å². The highest BCUT2D eigenvalue weighted by atomic mass is 16.5. The van der Waals surface area contributed by atoms with E-state index in [1.807, 2.05) is 6.92 Å². The van der Waals surface area contributed by atoms with Crippen molar-refractivity contribution in [3.63, 3.8) is 0 Å². The van der Waals surface area contributed by atoms with Gasteiger partial charge in [0.15, 0.2) is 0 Å². The molecule has 0 bridgehead atoms. The van der Waals surface area contributed by atoms with Crippen molar-refractivity contribution in [2.75, 3.05) is 6.61 Å². The number of benzene rings is 2. The van der Waals surface area contributed by atoms with Crippen molar-refractivity contribution >= 4 is 16.7 Å². The molecular weight excluding hydrogens is 232 g/mol. The van der Waals surface area contributed by atoms with Gasteiger partial charge in [0.05, 0.1) is 6.61 Å². The summed E-state index contributed by atoms with van der Waals surface area (Å²) >= 11 is 0. The highest BCUT2D eigenvalue weighted by Crippen LogP contribution is 2.35. The predicted molar refractivity (Wildman–Crippen MR) is 67.9 cm³/mol. The molecule has 0 aliphatic carbocycles. The molecule has 0 aliphatic rings. The van der Waals surface area contributed by atoms with Crippen LogP contribution in [0, 0.1) is 0 Å². The monoisotopic (exact) mass is 246 g/mol. The van der Waals surface area contributed by atoms with Crippen molar-refractivity contribution in [1.29, 1.82) is 0 Å². The molecule has 0 amide bonds. The van der Waals surface area contributed by atoms with Crippen molar-refractivity contribution in [2.45, 2.75) is 13.3 Å². The highest BCUT2D eigenvalue weighted by molar-refractivity contribution is 6.03. The maximum Gasteiger partial charge on any atom is 0.342 e. The van der Waals surface area contributed by atoms with E-state index in [0.29, 0.717) is 17.2 Å². The zero-order valence-corrected chi connectivity index (χ0v) is 10.0. The Bertz CT molecular complexity index is 590. The Morgan fingerprint density at radius 1 is 1.22 bits per heavy atom. The number of aromatic hydroxyl groups is 2. The molecule has 0 unspecified atom stereocenters. The van der Waals surface area contributed by atoms with Gasteiger partial charge in [0.25, 0.3) is 0 Å². The van der Waals surface area contributed by atoms with E-state index in [1.165, 1.54) is 6.07 Å². The lowest BCUT2D eigenvalue weighted by atomic mass is 10.0. The highest BCUT2D eigenvalue weighted by Gasteiger charge is 2.17. The molecular formula is C14H14O4. The van der Waals surface area contributed by atoms with E-state index in [2.05, 4.69) is 0 Å². The van der Waals surface area contributed by atoms with Crippen LogP contribution in [0.15, 0.2) is 30.3 Å². The minimum atomic E-state index is -0.629. The summed E-state index contributed by atoms with van der Waals surface area (Å²) in [5, 5.41) is 20.8. The van der Waals surface area contributed by atoms with Gasteiger partial charge in [-0.15, -0.1) is 0 Å². The number of phenols is 2. The Hall–Kier alpha value is -2.23. The fourth-order valence-electron chi connectivity index (χ4n) is 1.77. The average Bonchev–Trinajstić information content (AvgIpc) is 2.40. The lowest BCUT2D eigenvalue weighted by molar-refractivity contribution is 0.0501. The number of rotatable bonds is 3. The maximum absolute atomic E-state index is 11.7. The van der Waals surface area contributed by atoms with Crippen LogP contribution < -0.4 is 0 Å². The fraction of sp³-hybridized carbons (Fsp3) is 0.214. The van der Waals surface area contributed by atoms with E-state index in [9.17, 15) is 15.0 Å². The molecule has 0 atom stereocenters. The van der Waals surface area contributed by atoms with Crippen LogP contribution in [0.3, 0.4) is 0 Å². The molecule has 0 aromatic heterocycles. The van der Waals surface area contributed by atoms with Crippen molar-refractivity contribution < 1.29 is 19.7 Å². The summed E-state index contributed by atoms with van der Waals surface area (Å²) in [6.07, 6.45) is 0.700. The van der Waals surface area contributed by atoms with Crippen LogP contribution in [0.5, 0.6) is 11.5 Å². The molecule has 0 spiro atoms.